The second-order valence-electron chi connectivity index (χ2n) is 3.71. The van der Waals surface area contributed by atoms with Gasteiger partial charge in [0.2, 0.25) is 0 Å². The fraction of sp³-hybridized carbons (Fsp3) is 0.0769. The van der Waals surface area contributed by atoms with E-state index in [1.807, 2.05) is 36.4 Å². The molecule has 0 unspecified atom stereocenters. The minimum absolute atomic E-state index is 0.458. The lowest BCUT2D eigenvalue weighted by Gasteiger charge is -2.08. The number of halogens is 2. The number of hydrogen-bond acceptors (Lipinski definition) is 2. The number of hydrogen-bond donors (Lipinski definition) is 0. The smallest absolute Gasteiger partial charge is 0.183 e. The molecule has 1 aliphatic heterocycles. The highest BCUT2D eigenvalue weighted by Gasteiger charge is 2.17. The van der Waals surface area contributed by atoms with Crippen LogP contribution >= 0.6 is 27.5 Å². The van der Waals surface area contributed by atoms with Crippen molar-refractivity contribution in [3.05, 3.63) is 51.5 Å². The van der Waals surface area contributed by atoms with Crippen LogP contribution in [0.3, 0.4) is 0 Å². The van der Waals surface area contributed by atoms with Crippen LogP contribution in [0.2, 0.25) is 5.02 Å². The van der Waals surface area contributed by atoms with Crippen molar-refractivity contribution in [2.24, 2.45) is 0 Å². The van der Waals surface area contributed by atoms with E-state index in [1.54, 1.807) is 0 Å². The number of fused-ring (bicyclic) bond motifs is 2. The number of para-hydroxylation sites is 1. The zero-order chi connectivity index (χ0) is 11.8. The molecule has 0 bridgehead atoms. The van der Waals surface area contributed by atoms with Crippen molar-refractivity contribution in [2.75, 3.05) is 0 Å². The van der Waals surface area contributed by atoms with Gasteiger partial charge >= 0.3 is 0 Å². The molecular formula is C13H8BrClO2. The molecule has 0 saturated heterocycles. The SMILES string of the molecule is Clc1ccc2c(c1)COc1cccc(Br)c1O2. The standard InChI is InChI=1S/C13H8BrClO2/c14-10-2-1-3-12-13(10)17-11-5-4-9(15)6-8(11)7-16-12/h1-6H,7H2. The Balaban J connectivity index is 2.12. The third-order valence-electron chi connectivity index (χ3n) is 2.55. The maximum absolute atomic E-state index is 5.95. The summed E-state index contributed by atoms with van der Waals surface area (Å²) in [5.74, 6) is 2.21. The summed E-state index contributed by atoms with van der Waals surface area (Å²) < 4.78 is 12.4. The molecule has 1 aliphatic rings. The summed E-state index contributed by atoms with van der Waals surface area (Å²) in [7, 11) is 0. The molecule has 0 atom stereocenters. The summed E-state index contributed by atoms with van der Waals surface area (Å²) >= 11 is 9.40. The molecule has 0 radical (unpaired) electrons. The van der Waals surface area contributed by atoms with Crippen LogP contribution in [0, 0.1) is 0 Å². The second-order valence-corrected chi connectivity index (χ2v) is 5.00. The Morgan fingerprint density at radius 3 is 2.88 bits per heavy atom. The van der Waals surface area contributed by atoms with Crippen LogP contribution in [0.4, 0.5) is 0 Å². The second kappa shape index (κ2) is 4.24. The molecule has 4 heteroatoms. The van der Waals surface area contributed by atoms with E-state index in [0.29, 0.717) is 17.4 Å². The first-order chi connectivity index (χ1) is 8.24. The van der Waals surface area contributed by atoms with Gasteiger partial charge in [-0.05, 0) is 46.3 Å². The highest BCUT2D eigenvalue weighted by atomic mass is 79.9. The first kappa shape index (κ1) is 10.9. The molecule has 0 N–H and O–H groups in total. The van der Waals surface area contributed by atoms with Crippen molar-refractivity contribution >= 4 is 27.5 Å². The maximum Gasteiger partial charge on any atom is 0.183 e. The quantitative estimate of drug-likeness (QED) is 0.696. The molecule has 0 fully saturated rings. The van der Waals surface area contributed by atoms with Gasteiger partial charge in [-0.3, -0.25) is 0 Å². The first-order valence-corrected chi connectivity index (χ1v) is 6.29. The Bertz CT molecular complexity index is 584. The lowest BCUT2D eigenvalue weighted by molar-refractivity contribution is 0.306. The van der Waals surface area contributed by atoms with Crippen LogP contribution in [0.5, 0.6) is 17.2 Å². The van der Waals surface area contributed by atoms with Gasteiger partial charge in [0.1, 0.15) is 12.4 Å². The number of benzene rings is 2. The third-order valence-corrected chi connectivity index (χ3v) is 3.41. The fourth-order valence-corrected chi connectivity index (χ4v) is 2.35. The van der Waals surface area contributed by atoms with E-state index in [9.17, 15) is 0 Å². The molecule has 0 spiro atoms. The average Bonchev–Trinajstić information content (AvgIpc) is 2.49. The highest BCUT2D eigenvalue weighted by Crippen LogP contribution is 2.42. The molecular weight excluding hydrogens is 303 g/mol. The van der Waals surface area contributed by atoms with Gasteiger partial charge in [-0.15, -0.1) is 0 Å². The Hall–Kier alpha value is -1.19. The van der Waals surface area contributed by atoms with E-state index in [-0.39, 0.29) is 0 Å². The van der Waals surface area contributed by atoms with Gasteiger partial charge in [-0.25, -0.2) is 0 Å². The van der Waals surface area contributed by atoms with E-state index >= 15 is 0 Å². The van der Waals surface area contributed by atoms with Crippen molar-refractivity contribution in [2.45, 2.75) is 6.61 Å². The highest BCUT2D eigenvalue weighted by molar-refractivity contribution is 9.10. The first-order valence-electron chi connectivity index (χ1n) is 5.11. The summed E-state index contributed by atoms with van der Waals surface area (Å²) in [5.41, 5.74) is 0.945. The van der Waals surface area contributed by atoms with E-state index in [1.165, 1.54) is 0 Å². The van der Waals surface area contributed by atoms with Crippen molar-refractivity contribution in [1.29, 1.82) is 0 Å². The summed E-state index contributed by atoms with van der Waals surface area (Å²) in [5, 5.41) is 0.681. The van der Waals surface area contributed by atoms with Crippen LogP contribution < -0.4 is 9.47 Å². The monoisotopic (exact) mass is 310 g/mol. The van der Waals surface area contributed by atoms with Crippen LogP contribution in [-0.2, 0) is 6.61 Å². The number of rotatable bonds is 0. The summed E-state index contributed by atoms with van der Waals surface area (Å²) in [6, 6.07) is 11.2. The summed E-state index contributed by atoms with van der Waals surface area (Å²) in [6.45, 7) is 0.458. The molecule has 0 saturated carbocycles. The molecule has 3 rings (SSSR count). The topological polar surface area (TPSA) is 18.5 Å². The lowest BCUT2D eigenvalue weighted by atomic mass is 10.2. The Morgan fingerprint density at radius 1 is 1.12 bits per heavy atom. The van der Waals surface area contributed by atoms with E-state index in [4.69, 9.17) is 21.1 Å². The van der Waals surface area contributed by atoms with Crippen LogP contribution in [-0.4, -0.2) is 0 Å². The largest absolute Gasteiger partial charge is 0.485 e. The Labute approximate surface area is 112 Å². The van der Waals surface area contributed by atoms with Gasteiger partial charge in [-0.1, -0.05) is 17.7 Å². The predicted molar refractivity (Wildman–Crippen MR) is 70.0 cm³/mol. The van der Waals surface area contributed by atoms with Gasteiger partial charge in [0.15, 0.2) is 11.5 Å². The Morgan fingerprint density at radius 2 is 2.00 bits per heavy atom. The van der Waals surface area contributed by atoms with Gasteiger partial charge in [0, 0.05) is 10.6 Å². The van der Waals surface area contributed by atoms with Crippen LogP contribution in [0.1, 0.15) is 5.56 Å². The minimum atomic E-state index is 0.458. The fourth-order valence-electron chi connectivity index (χ4n) is 1.73. The molecule has 1 heterocycles. The molecule has 2 nitrogen and oxygen atoms in total. The zero-order valence-corrected chi connectivity index (χ0v) is 11.1. The maximum atomic E-state index is 5.95. The van der Waals surface area contributed by atoms with Gasteiger partial charge < -0.3 is 9.47 Å². The van der Waals surface area contributed by atoms with Crippen molar-refractivity contribution in [3.63, 3.8) is 0 Å². The van der Waals surface area contributed by atoms with E-state index in [0.717, 1.165) is 21.5 Å². The van der Waals surface area contributed by atoms with Crippen LogP contribution in [0.25, 0.3) is 0 Å². The molecule has 86 valence electrons. The van der Waals surface area contributed by atoms with Gasteiger partial charge in [-0.2, -0.15) is 0 Å². The molecule has 2 aromatic rings. The lowest BCUT2D eigenvalue weighted by Crippen LogP contribution is -1.92. The van der Waals surface area contributed by atoms with Crippen molar-refractivity contribution in [3.8, 4) is 17.2 Å². The average molecular weight is 312 g/mol. The third kappa shape index (κ3) is 2.01. The predicted octanol–water partition coefficient (Wildman–Crippen LogP) is 4.79. The van der Waals surface area contributed by atoms with E-state index in [2.05, 4.69) is 15.9 Å². The zero-order valence-electron chi connectivity index (χ0n) is 8.74. The number of ether oxygens (including phenoxy) is 2. The summed E-state index contributed by atoms with van der Waals surface area (Å²) in [4.78, 5) is 0. The van der Waals surface area contributed by atoms with Crippen molar-refractivity contribution < 1.29 is 9.47 Å². The Kier molecular flexibility index (Phi) is 2.73. The molecule has 0 aliphatic carbocycles. The van der Waals surface area contributed by atoms with Crippen molar-refractivity contribution in [1.82, 2.24) is 0 Å². The normalized spacial score (nSPS) is 12.8. The molecule has 0 aromatic heterocycles. The van der Waals surface area contributed by atoms with E-state index < -0.39 is 0 Å². The molecule has 0 amide bonds. The van der Waals surface area contributed by atoms with Gasteiger partial charge in [0.05, 0.1) is 4.47 Å². The summed E-state index contributed by atoms with van der Waals surface area (Å²) in [6.07, 6.45) is 0. The molecule has 2 aromatic carbocycles. The minimum Gasteiger partial charge on any atom is -0.485 e. The molecule has 17 heavy (non-hydrogen) atoms. The van der Waals surface area contributed by atoms with Crippen LogP contribution in [0.15, 0.2) is 40.9 Å². The van der Waals surface area contributed by atoms with Gasteiger partial charge in [0.25, 0.3) is 0 Å².